The van der Waals surface area contributed by atoms with Crippen LogP contribution in [0.25, 0.3) is 0 Å². The van der Waals surface area contributed by atoms with E-state index in [-0.39, 0.29) is 11.2 Å². The Morgan fingerprint density at radius 1 is 1.32 bits per heavy atom. The SMILES string of the molecule is CCN1C(=O)C[C@@H](c2ccco2)Sc2ccccc21. The Hall–Kier alpha value is -1.68. The second-order valence-electron chi connectivity index (χ2n) is 4.43. The maximum atomic E-state index is 12.4. The second-order valence-corrected chi connectivity index (χ2v) is 5.68. The third kappa shape index (κ3) is 2.28. The first-order chi connectivity index (χ1) is 9.29. The highest BCUT2D eigenvalue weighted by Gasteiger charge is 2.29. The molecule has 3 nitrogen and oxygen atoms in total. The first kappa shape index (κ1) is 12.4. The zero-order chi connectivity index (χ0) is 13.2. The van der Waals surface area contributed by atoms with Gasteiger partial charge in [0, 0.05) is 17.9 Å². The first-order valence-corrected chi connectivity index (χ1v) is 7.27. The minimum atomic E-state index is 0.0557. The summed E-state index contributed by atoms with van der Waals surface area (Å²) in [6.45, 7) is 2.70. The lowest BCUT2D eigenvalue weighted by atomic mass is 10.2. The van der Waals surface area contributed by atoms with Gasteiger partial charge in [-0.05, 0) is 31.2 Å². The highest BCUT2D eigenvalue weighted by Crippen LogP contribution is 2.45. The molecule has 0 spiro atoms. The van der Waals surface area contributed by atoms with E-state index in [1.165, 1.54) is 0 Å². The molecule has 0 aliphatic carbocycles. The van der Waals surface area contributed by atoms with E-state index in [0.29, 0.717) is 13.0 Å². The van der Waals surface area contributed by atoms with Crippen LogP contribution in [0.15, 0.2) is 52.0 Å². The monoisotopic (exact) mass is 273 g/mol. The molecular weight excluding hydrogens is 258 g/mol. The van der Waals surface area contributed by atoms with Crippen molar-refractivity contribution in [1.82, 2.24) is 0 Å². The molecule has 1 aliphatic heterocycles. The summed E-state index contributed by atoms with van der Waals surface area (Å²) in [7, 11) is 0. The summed E-state index contributed by atoms with van der Waals surface area (Å²) in [5.41, 5.74) is 1.01. The van der Waals surface area contributed by atoms with Gasteiger partial charge < -0.3 is 9.32 Å². The Balaban J connectivity index is 2.02. The van der Waals surface area contributed by atoms with E-state index < -0.39 is 0 Å². The summed E-state index contributed by atoms with van der Waals surface area (Å²) < 4.78 is 5.47. The standard InChI is InChI=1S/C15H15NO2S/c1-2-16-11-6-3-4-8-13(11)19-14(10-15(16)17)12-7-5-9-18-12/h3-9,14H,2,10H2,1H3/t14-/m0/s1. The van der Waals surface area contributed by atoms with Crippen molar-refractivity contribution in [3.8, 4) is 0 Å². The molecule has 2 aromatic rings. The Morgan fingerprint density at radius 3 is 2.89 bits per heavy atom. The number of fused-ring (bicyclic) bond motifs is 1. The van der Waals surface area contributed by atoms with Gasteiger partial charge in [-0.25, -0.2) is 0 Å². The number of carbonyl (C=O) groups is 1. The molecule has 0 radical (unpaired) electrons. The highest BCUT2D eigenvalue weighted by molar-refractivity contribution is 7.99. The molecule has 0 fully saturated rings. The van der Waals surface area contributed by atoms with E-state index in [0.717, 1.165) is 16.3 Å². The van der Waals surface area contributed by atoms with Crippen molar-refractivity contribution in [1.29, 1.82) is 0 Å². The summed E-state index contributed by atoms with van der Waals surface area (Å²) in [6, 6.07) is 11.9. The van der Waals surface area contributed by atoms with Crippen LogP contribution in [0.3, 0.4) is 0 Å². The van der Waals surface area contributed by atoms with Gasteiger partial charge in [-0.3, -0.25) is 4.79 Å². The lowest BCUT2D eigenvalue weighted by Gasteiger charge is -2.20. The number of anilines is 1. The van der Waals surface area contributed by atoms with Gasteiger partial charge in [0.05, 0.1) is 17.2 Å². The van der Waals surface area contributed by atoms with Gasteiger partial charge in [0.1, 0.15) is 5.76 Å². The topological polar surface area (TPSA) is 33.5 Å². The van der Waals surface area contributed by atoms with Crippen LogP contribution in [-0.4, -0.2) is 12.5 Å². The number of benzene rings is 1. The van der Waals surface area contributed by atoms with Gasteiger partial charge in [0.25, 0.3) is 0 Å². The number of thioether (sulfide) groups is 1. The van der Waals surface area contributed by atoms with Crippen LogP contribution in [0, 0.1) is 0 Å². The number of hydrogen-bond donors (Lipinski definition) is 0. The van der Waals surface area contributed by atoms with Gasteiger partial charge >= 0.3 is 0 Å². The van der Waals surface area contributed by atoms with Crippen LogP contribution in [0.1, 0.15) is 24.4 Å². The smallest absolute Gasteiger partial charge is 0.228 e. The molecule has 3 rings (SSSR count). The van der Waals surface area contributed by atoms with Crippen molar-refractivity contribution in [3.63, 3.8) is 0 Å². The number of furan rings is 1. The summed E-state index contributed by atoms with van der Waals surface area (Å²) in [5.74, 6) is 1.02. The van der Waals surface area contributed by atoms with Crippen LogP contribution in [0.4, 0.5) is 5.69 Å². The molecule has 0 unspecified atom stereocenters. The number of nitrogens with zero attached hydrogens (tertiary/aromatic N) is 1. The fourth-order valence-corrected chi connectivity index (χ4v) is 3.60. The van der Waals surface area contributed by atoms with Crippen LogP contribution in [-0.2, 0) is 4.79 Å². The van der Waals surface area contributed by atoms with Crippen molar-refractivity contribution in [3.05, 3.63) is 48.4 Å². The minimum absolute atomic E-state index is 0.0557. The van der Waals surface area contributed by atoms with Crippen LogP contribution in [0.5, 0.6) is 0 Å². The highest BCUT2D eigenvalue weighted by atomic mass is 32.2. The summed E-state index contributed by atoms with van der Waals surface area (Å²) in [4.78, 5) is 15.4. The number of rotatable bonds is 2. The van der Waals surface area contributed by atoms with Crippen LogP contribution >= 0.6 is 11.8 Å². The Bertz CT molecular complexity index is 580. The van der Waals surface area contributed by atoms with Crippen molar-refractivity contribution in [2.24, 2.45) is 0 Å². The van der Waals surface area contributed by atoms with Crippen molar-refractivity contribution < 1.29 is 9.21 Å². The molecule has 0 saturated heterocycles. The van der Waals surface area contributed by atoms with Gasteiger partial charge in [0.2, 0.25) is 5.91 Å². The van der Waals surface area contributed by atoms with Gasteiger partial charge in [-0.2, -0.15) is 0 Å². The Morgan fingerprint density at radius 2 is 2.16 bits per heavy atom. The molecule has 1 atom stereocenters. The third-order valence-corrected chi connectivity index (χ3v) is 4.55. The molecule has 98 valence electrons. The van der Waals surface area contributed by atoms with E-state index in [1.54, 1.807) is 18.0 Å². The Kier molecular flexibility index (Phi) is 3.34. The van der Waals surface area contributed by atoms with Crippen LogP contribution < -0.4 is 4.90 Å². The molecule has 4 heteroatoms. The number of carbonyl (C=O) groups excluding carboxylic acids is 1. The number of para-hydroxylation sites is 1. The molecule has 1 aliphatic rings. The summed E-state index contributed by atoms with van der Waals surface area (Å²) >= 11 is 1.70. The van der Waals surface area contributed by atoms with Crippen molar-refractivity contribution in [2.45, 2.75) is 23.5 Å². The summed E-state index contributed by atoms with van der Waals surface area (Å²) in [6.07, 6.45) is 2.13. The normalized spacial score (nSPS) is 19.1. The number of amides is 1. The lowest BCUT2D eigenvalue weighted by molar-refractivity contribution is -0.118. The van der Waals surface area contributed by atoms with Gasteiger partial charge in [-0.1, -0.05) is 12.1 Å². The van der Waals surface area contributed by atoms with Crippen LogP contribution in [0.2, 0.25) is 0 Å². The maximum absolute atomic E-state index is 12.4. The molecule has 1 aromatic heterocycles. The molecule has 0 N–H and O–H groups in total. The van der Waals surface area contributed by atoms with Crippen molar-refractivity contribution >= 4 is 23.4 Å². The Labute approximate surface area is 116 Å². The molecule has 0 saturated carbocycles. The molecule has 19 heavy (non-hydrogen) atoms. The second kappa shape index (κ2) is 5.13. The van der Waals surface area contributed by atoms with Crippen molar-refractivity contribution in [2.75, 3.05) is 11.4 Å². The third-order valence-electron chi connectivity index (χ3n) is 3.26. The average Bonchev–Trinajstić information content (AvgIpc) is 2.90. The summed E-state index contributed by atoms with van der Waals surface area (Å²) in [5, 5.41) is 0.0557. The maximum Gasteiger partial charge on any atom is 0.228 e. The minimum Gasteiger partial charge on any atom is -0.468 e. The van der Waals surface area contributed by atoms with E-state index >= 15 is 0 Å². The average molecular weight is 273 g/mol. The molecule has 2 heterocycles. The molecule has 1 amide bonds. The lowest BCUT2D eigenvalue weighted by Crippen LogP contribution is -2.30. The quantitative estimate of drug-likeness (QED) is 0.833. The van der Waals surface area contributed by atoms with E-state index in [2.05, 4.69) is 6.07 Å². The zero-order valence-corrected chi connectivity index (χ0v) is 11.5. The fraction of sp³-hybridized carbons (Fsp3) is 0.267. The largest absolute Gasteiger partial charge is 0.468 e. The van der Waals surface area contributed by atoms with E-state index in [1.807, 2.05) is 42.2 Å². The predicted molar refractivity (Wildman–Crippen MR) is 76.4 cm³/mol. The molecular formula is C15H15NO2S. The first-order valence-electron chi connectivity index (χ1n) is 6.39. The number of hydrogen-bond acceptors (Lipinski definition) is 3. The molecule has 1 aromatic carbocycles. The van der Waals surface area contributed by atoms with Gasteiger partial charge in [-0.15, -0.1) is 11.8 Å². The van der Waals surface area contributed by atoms with Gasteiger partial charge in [0.15, 0.2) is 0 Å². The fourth-order valence-electron chi connectivity index (χ4n) is 2.36. The predicted octanol–water partition coefficient (Wildman–Crippen LogP) is 3.87. The molecule has 0 bridgehead atoms. The van der Waals surface area contributed by atoms with E-state index in [4.69, 9.17) is 4.42 Å². The zero-order valence-electron chi connectivity index (χ0n) is 10.7. The van der Waals surface area contributed by atoms with E-state index in [9.17, 15) is 4.79 Å².